The standard InChI is InChI=1S/C13H24N2O3/c1-8(2)11(12(16)17)15-13(18)14-7-10-6-4-5-9(10)3/h8-11H,4-7H2,1-3H3,(H,16,17)(H2,14,15,18)/t9?,10?,11-/m0/s1. The summed E-state index contributed by atoms with van der Waals surface area (Å²) in [4.78, 5) is 22.6. The average molecular weight is 256 g/mol. The van der Waals surface area contributed by atoms with Crippen LogP contribution in [0.1, 0.15) is 40.0 Å². The molecule has 104 valence electrons. The normalized spacial score (nSPS) is 24.9. The van der Waals surface area contributed by atoms with Crippen LogP contribution in [-0.2, 0) is 4.79 Å². The molecular formula is C13H24N2O3. The molecule has 0 bridgehead atoms. The van der Waals surface area contributed by atoms with E-state index in [1.54, 1.807) is 13.8 Å². The van der Waals surface area contributed by atoms with Crippen LogP contribution < -0.4 is 10.6 Å². The zero-order valence-electron chi connectivity index (χ0n) is 11.4. The average Bonchev–Trinajstić information content (AvgIpc) is 2.68. The second-order valence-electron chi connectivity index (χ2n) is 5.58. The van der Waals surface area contributed by atoms with Crippen molar-refractivity contribution in [3.8, 4) is 0 Å². The summed E-state index contributed by atoms with van der Waals surface area (Å²) in [5.41, 5.74) is 0. The Morgan fingerprint density at radius 3 is 2.44 bits per heavy atom. The van der Waals surface area contributed by atoms with Crippen LogP contribution in [0.25, 0.3) is 0 Å². The van der Waals surface area contributed by atoms with E-state index in [1.165, 1.54) is 12.8 Å². The van der Waals surface area contributed by atoms with Gasteiger partial charge in [0.1, 0.15) is 6.04 Å². The van der Waals surface area contributed by atoms with Gasteiger partial charge in [-0.25, -0.2) is 9.59 Å². The van der Waals surface area contributed by atoms with Crippen molar-refractivity contribution >= 4 is 12.0 Å². The lowest BCUT2D eigenvalue weighted by Gasteiger charge is -2.20. The molecule has 1 rings (SSSR count). The Morgan fingerprint density at radius 1 is 1.33 bits per heavy atom. The van der Waals surface area contributed by atoms with E-state index in [9.17, 15) is 9.59 Å². The molecule has 2 amide bonds. The summed E-state index contributed by atoms with van der Waals surface area (Å²) in [6.45, 7) is 6.39. The zero-order chi connectivity index (χ0) is 13.7. The van der Waals surface area contributed by atoms with Crippen LogP contribution in [0.15, 0.2) is 0 Å². The fourth-order valence-electron chi connectivity index (χ4n) is 2.46. The van der Waals surface area contributed by atoms with Crippen LogP contribution >= 0.6 is 0 Å². The Bertz CT molecular complexity index is 305. The first-order chi connectivity index (χ1) is 8.41. The van der Waals surface area contributed by atoms with Crippen molar-refractivity contribution in [3.05, 3.63) is 0 Å². The van der Waals surface area contributed by atoms with Crippen molar-refractivity contribution in [1.82, 2.24) is 10.6 Å². The fourth-order valence-corrected chi connectivity index (χ4v) is 2.46. The lowest BCUT2D eigenvalue weighted by Crippen LogP contribution is -2.49. The summed E-state index contributed by atoms with van der Waals surface area (Å²) < 4.78 is 0. The SMILES string of the molecule is CC1CCCC1CNC(=O)N[C@H](C(=O)O)C(C)C. The van der Waals surface area contributed by atoms with Crippen LogP contribution in [0.2, 0.25) is 0 Å². The van der Waals surface area contributed by atoms with Gasteiger partial charge in [0.05, 0.1) is 0 Å². The third-order valence-electron chi connectivity index (χ3n) is 3.78. The second-order valence-corrected chi connectivity index (χ2v) is 5.58. The third-order valence-corrected chi connectivity index (χ3v) is 3.78. The van der Waals surface area contributed by atoms with Gasteiger partial charge in [0.25, 0.3) is 0 Å². The van der Waals surface area contributed by atoms with E-state index >= 15 is 0 Å². The zero-order valence-corrected chi connectivity index (χ0v) is 11.4. The molecule has 2 unspecified atom stereocenters. The molecule has 0 radical (unpaired) electrons. The van der Waals surface area contributed by atoms with Gasteiger partial charge in [0.2, 0.25) is 0 Å². The van der Waals surface area contributed by atoms with Gasteiger partial charge in [-0.15, -0.1) is 0 Å². The highest BCUT2D eigenvalue weighted by molar-refractivity contribution is 5.82. The topological polar surface area (TPSA) is 78.4 Å². The molecule has 3 N–H and O–H groups in total. The van der Waals surface area contributed by atoms with Gasteiger partial charge in [0, 0.05) is 6.54 Å². The molecule has 1 aliphatic rings. The van der Waals surface area contributed by atoms with E-state index in [1.807, 2.05) is 0 Å². The number of nitrogens with one attached hydrogen (secondary N) is 2. The fraction of sp³-hybridized carbons (Fsp3) is 0.846. The molecule has 0 aromatic carbocycles. The summed E-state index contributed by atoms with van der Waals surface area (Å²) in [5.74, 6) is 0.0526. The Hall–Kier alpha value is -1.26. The van der Waals surface area contributed by atoms with Crippen LogP contribution in [0, 0.1) is 17.8 Å². The quantitative estimate of drug-likeness (QED) is 0.702. The number of carboxylic acids is 1. The van der Waals surface area contributed by atoms with E-state index < -0.39 is 12.0 Å². The molecule has 1 fully saturated rings. The van der Waals surface area contributed by atoms with Gasteiger partial charge in [-0.05, 0) is 24.2 Å². The van der Waals surface area contributed by atoms with Crippen molar-refractivity contribution in [1.29, 1.82) is 0 Å². The molecule has 18 heavy (non-hydrogen) atoms. The van der Waals surface area contributed by atoms with Crippen LogP contribution in [0.5, 0.6) is 0 Å². The summed E-state index contributed by atoms with van der Waals surface area (Å²) in [7, 11) is 0. The van der Waals surface area contributed by atoms with Gasteiger partial charge in [0.15, 0.2) is 0 Å². The molecular weight excluding hydrogens is 232 g/mol. The van der Waals surface area contributed by atoms with Crippen molar-refractivity contribution < 1.29 is 14.7 Å². The summed E-state index contributed by atoms with van der Waals surface area (Å²) in [6.07, 6.45) is 3.59. The van der Waals surface area contributed by atoms with Gasteiger partial charge in [-0.2, -0.15) is 0 Å². The Morgan fingerprint density at radius 2 is 2.00 bits per heavy atom. The first-order valence-corrected chi connectivity index (χ1v) is 6.69. The van der Waals surface area contributed by atoms with Gasteiger partial charge in [-0.1, -0.05) is 33.6 Å². The maximum Gasteiger partial charge on any atom is 0.326 e. The smallest absolute Gasteiger partial charge is 0.326 e. The van der Waals surface area contributed by atoms with Crippen LogP contribution in [0.3, 0.4) is 0 Å². The Kier molecular flexibility index (Phi) is 5.44. The molecule has 3 atom stereocenters. The largest absolute Gasteiger partial charge is 0.480 e. The lowest BCUT2D eigenvalue weighted by atomic mass is 9.98. The van der Waals surface area contributed by atoms with E-state index in [0.29, 0.717) is 18.4 Å². The molecule has 5 heteroatoms. The van der Waals surface area contributed by atoms with Crippen molar-refractivity contribution in [3.63, 3.8) is 0 Å². The Balaban J connectivity index is 2.34. The molecule has 0 spiro atoms. The number of hydrogen-bond acceptors (Lipinski definition) is 2. The molecule has 0 heterocycles. The minimum atomic E-state index is -0.991. The van der Waals surface area contributed by atoms with E-state index in [-0.39, 0.29) is 11.9 Å². The van der Waals surface area contributed by atoms with Crippen molar-refractivity contribution in [2.75, 3.05) is 6.54 Å². The van der Waals surface area contributed by atoms with Gasteiger partial charge < -0.3 is 15.7 Å². The van der Waals surface area contributed by atoms with E-state index in [4.69, 9.17) is 5.11 Å². The lowest BCUT2D eigenvalue weighted by molar-refractivity contribution is -0.140. The highest BCUT2D eigenvalue weighted by atomic mass is 16.4. The van der Waals surface area contributed by atoms with E-state index in [2.05, 4.69) is 17.6 Å². The highest BCUT2D eigenvalue weighted by Crippen LogP contribution is 2.30. The number of carboxylic acid groups (broad SMARTS) is 1. The predicted molar refractivity (Wildman–Crippen MR) is 69.3 cm³/mol. The van der Waals surface area contributed by atoms with Crippen molar-refractivity contribution in [2.45, 2.75) is 46.1 Å². The van der Waals surface area contributed by atoms with Gasteiger partial charge >= 0.3 is 12.0 Å². The van der Waals surface area contributed by atoms with E-state index in [0.717, 1.165) is 6.42 Å². The summed E-state index contributed by atoms with van der Waals surface area (Å²) in [6, 6.07) is -1.21. The summed E-state index contributed by atoms with van der Waals surface area (Å²) in [5, 5.41) is 14.3. The van der Waals surface area contributed by atoms with Gasteiger partial charge in [-0.3, -0.25) is 0 Å². The highest BCUT2D eigenvalue weighted by Gasteiger charge is 2.26. The minimum absolute atomic E-state index is 0.126. The van der Waals surface area contributed by atoms with Crippen LogP contribution in [0.4, 0.5) is 4.79 Å². The monoisotopic (exact) mass is 256 g/mol. The number of amides is 2. The van der Waals surface area contributed by atoms with Crippen LogP contribution in [-0.4, -0.2) is 29.7 Å². The molecule has 0 aromatic rings. The number of carbonyl (C=O) groups is 2. The number of urea groups is 1. The molecule has 5 nitrogen and oxygen atoms in total. The molecule has 0 aromatic heterocycles. The van der Waals surface area contributed by atoms with Crippen molar-refractivity contribution in [2.24, 2.45) is 17.8 Å². The second kappa shape index (κ2) is 6.61. The molecule has 0 saturated heterocycles. The first-order valence-electron chi connectivity index (χ1n) is 6.69. The minimum Gasteiger partial charge on any atom is -0.480 e. The maximum atomic E-state index is 11.6. The molecule has 1 aliphatic carbocycles. The molecule has 0 aliphatic heterocycles. The number of hydrogen-bond donors (Lipinski definition) is 3. The number of aliphatic carboxylic acids is 1. The number of carbonyl (C=O) groups excluding carboxylic acids is 1. The maximum absolute atomic E-state index is 11.6. The Labute approximate surface area is 108 Å². The number of rotatable bonds is 5. The third kappa shape index (κ3) is 4.20. The molecule has 1 saturated carbocycles. The summed E-state index contributed by atoms with van der Waals surface area (Å²) >= 11 is 0. The first kappa shape index (κ1) is 14.8. The predicted octanol–water partition coefficient (Wildman–Crippen LogP) is 1.83.